The standard InChI is InChI=1S/C18H19BrN2O2P/c1-12-9-13(7-8-20-12)17-11-14-10-15(19)5-6-16(14)21(17)18(22)23-24(2,3)4/h5-11H,1-4H3/q+1. The summed E-state index contributed by atoms with van der Waals surface area (Å²) >= 11 is 3.49. The fourth-order valence-corrected chi connectivity index (χ4v) is 3.50. The van der Waals surface area contributed by atoms with Crippen LogP contribution in [0.2, 0.25) is 0 Å². The predicted molar refractivity (Wildman–Crippen MR) is 104 cm³/mol. The summed E-state index contributed by atoms with van der Waals surface area (Å²) in [5.41, 5.74) is 3.49. The van der Waals surface area contributed by atoms with Crippen LogP contribution in [0.5, 0.6) is 0 Å². The van der Waals surface area contributed by atoms with Crippen LogP contribution in [0.15, 0.2) is 47.1 Å². The van der Waals surface area contributed by atoms with Crippen LogP contribution in [0.4, 0.5) is 4.79 Å². The minimum atomic E-state index is -1.71. The van der Waals surface area contributed by atoms with Gasteiger partial charge >= 0.3 is 6.09 Å². The molecule has 6 heteroatoms. The van der Waals surface area contributed by atoms with Crippen molar-refractivity contribution in [1.29, 1.82) is 0 Å². The van der Waals surface area contributed by atoms with Gasteiger partial charge in [0.2, 0.25) is 0 Å². The first-order valence-corrected chi connectivity index (χ1v) is 11.4. The van der Waals surface area contributed by atoms with Crippen LogP contribution >= 0.6 is 23.4 Å². The average Bonchev–Trinajstić information content (AvgIpc) is 2.84. The van der Waals surface area contributed by atoms with E-state index in [4.69, 9.17) is 4.52 Å². The minimum Gasteiger partial charge on any atom is -0.290 e. The van der Waals surface area contributed by atoms with Crippen molar-refractivity contribution >= 4 is 40.4 Å². The number of aromatic nitrogens is 2. The molecule has 0 saturated carbocycles. The highest BCUT2D eigenvalue weighted by Crippen LogP contribution is 2.48. The molecule has 24 heavy (non-hydrogen) atoms. The molecular formula is C18H19BrN2O2P+. The van der Waals surface area contributed by atoms with Crippen LogP contribution in [0.25, 0.3) is 22.2 Å². The molecule has 0 saturated heterocycles. The van der Waals surface area contributed by atoms with E-state index in [0.717, 1.165) is 32.3 Å². The molecule has 2 aromatic heterocycles. The van der Waals surface area contributed by atoms with E-state index < -0.39 is 7.49 Å². The molecule has 3 rings (SSSR count). The smallest absolute Gasteiger partial charge is 0.290 e. The first-order valence-electron chi connectivity index (χ1n) is 7.54. The topological polar surface area (TPSA) is 44.1 Å². The number of nitrogens with zero attached hydrogens (tertiary/aromatic N) is 2. The first kappa shape index (κ1) is 17.1. The van der Waals surface area contributed by atoms with Crippen molar-refractivity contribution in [3.63, 3.8) is 0 Å². The van der Waals surface area contributed by atoms with Crippen LogP contribution < -0.4 is 0 Å². The fourth-order valence-electron chi connectivity index (χ4n) is 2.58. The number of carbonyl (C=O) groups excluding carboxylic acids is 1. The Morgan fingerprint density at radius 3 is 2.58 bits per heavy atom. The van der Waals surface area contributed by atoms with Crippen molar-refractivity contribution < 1.29 is 9.32 Å². The number of halogens is 1. The first-order chi connectivity index (χ1) is 11.2. The zero-order valence-electron chi connectivity index (χ0n) is 14.1. The van der Waals surface area contributed by atoms with E-state index >= 15 is 0 Å². The molecule has 0 radical (unpaired) electrons. The molecule has 0 aliphatic heterocycles. The van der Waals surface area contributed by atoms with Crippen molar-refractivity contribution in [2.24, 2.45) is 0 Å². The molecule has 0 unspecified atom stereocenters. The third-order valence-corrected chi connectivity index (χ3v) is 4.69. The lowest BCUT2D eigenvalue weighted by Gasteiger charge is -2.14. The molecule has 124 valence electrons. The van der Waals surface area contributed by atoms with Gasteiger partial charge in [-0.15, -0.1) is 0 Å². The van der Waals surface area contributed by atoms with Crippen molar-refractivity contribution in [1.82, 2.24) is 9.55 Å². The number of hydrogen-bond acceptors (Lipinski definition) is 3. The molecule has 0 fully saturated rings. The largest absolute Gasteiger partial charge is 0.456 e. The second-order valence-electron chi connectivity index (χ2n) is 6.50. The number of carbonyl (C=O) groups is 1. The van der Waals surface area contributed by atoms with Crippen LogP contribution in [-0.2, 0) is 4.52 Å². The Morgan fingerprint density at radius 1 is 1.17 bits per heavy atom. The summed E-state index contributed by atoms with van der Waals surface area (Å²) in [6, 6.07) is 11.8. The fraction of sp³-hybridized carbons (Fsp3) is 0.222. The molecule has 0 atom stereocenters. The van der Waals surface area contributed by atoms with Gasteiger partial charge in [-0.05, 0) is 43.3 Å². The second-order valence-corrected chi connectivity index (χ2v) is 11.4. The summed E-state index contributed by atoms with van der Waals surface area (Å²) in [5.74, 6) is 0. The molecule has 0 amide bonds. The summed E-state index contributed by atoms with van der Waals surface area (Å²) < 4.78 is 8.35. The Morgan fingerprint density at radius 2 is 1.92 bits per heavy atom. The van der Waals surface area contributed by atoms with Gasteiger partial charge in [0.1, 0.15) is 0 Å². The zero-order chi connectivity index (χ0) is 17.5. The lowest BCUT2D eigenvalue weighted by atomic mass is 10.1. The SMILES string of the molecule is Cc1cc(-c2cc3cc(Br)ccc3n2C(=O)O[P+](C)(C)C)ccn1. The second kappa shape index (κ2) is 6.30. The van der Waals surface area contributed by atoms with E-state index in [0.29, 0.717) is 0 Å². The Balaban J connectivity index is 2.24. The van der Waals surface area contributed by atoms with Crippen molar-refractivity contribution in [3.8, 4) is 11.3 Å². The van der Waals surface area contributed by atoms with E-state index in [1.165, 1.54) is 0 Å². The number of fused-ring (bicyclic) bond motifs is 1. The van der Waals surface area contributed by atoms with Crippen molar-refractivity contribution in [2.45, 2.75) is 6.92 Å². The van der Waals surface area contributed by atoms with E-state index in [9.17, 15) is 4.79 Å². The van der Waals surface area contributed by atoms with Crippen molar-refractivity contribution in [2.75, 3.05) is 20.0 Å². The number of pyridine rings is 1. The van der Waals surface area contributed by atoms with Crippen LogP contribution in [0.1, 0.15) is 5.69 Å². The minimum absolute atomic E-state index is 0.336. The van der Waals surface area contributed by atoms with Gasteiger partial charge in [0.25, 0.3) is 0 Å². The third-order valence-electron chi connectivity index (χ3n) is 3.49. The molecular weight excluding hydrogens is 387 g/mol. The molecule has 0 bridgehead atoms. The normalized spacial score (nSPS) is 11.7. The highest BCUT2D eigenvalue weighted by molar-refractivity contribution is 9.10. The molecule has 2 heterocycles. The average molecular weight is 406 g/mol. The Kier molecular flexibility index (Phi) is 4.50. The Bertz CT molecular complexity index is 928. The molecule has 0 aliphatic rings. The Hall–Kier alpha value is -1.71. The van der Waals surface area contributed by atoms with Gasteiger partial charge in [-0.1, -0.05) is 15.9 Å². The summed E-state index contributed by atoms with van der Waals surface area (Å²) in [4.78, 5) is 17.1. The van der Waals surface area contributed by atoms with Gasteiger partial charge in [-0.3, -0.25) is 9.51 Å². The summed E-state index contributed by atoms with van der Waals surface area (Å²) in [5, 5.41) is 0.984. The van der Waals surface area contributed by atoms with Gasteiger partial charge < -0.3 is 0 Å². The lowest BCUT2D eigenvalue weighted by Crippen LogP contribution is -2.14. The number of rotatable bonds is 2. The van der Waals surface area contributed by atoms with Gasteiger partial charge in [-0.2, -0.15) is 0 Å². The van der Waals surface area contributed by atoms with Gasteiger partial charge in [0.05, 0.1) is 31.2 Å². The Labute approximate surface area is 150 Å². The monoisotopic (exact) mass is 405 g/mol. The quantitative estimate of drug-likeness (QED) is 0.522. The van der Waals surface area contributed by atoms with Crippen LogP contribution in [-0.4, -0.2) is 35.6 Å². The summed E-state index contributed by atoms with van der Waals surface area (Å²) in [6.07, 6.45) is 1.42. The molecule has 0 N–H and O–H groups in total. The number of aryl methyl sites for hydroxylation is 1. The van der Waals surface area contributed by atoms with Gasteiger partial charge in [0.15, 0.2) is 7.49 Å². The molecule has 3 aromatic rings. The van der Waals surface area contributed by atoms with Crippen LogP contribution in [0.3, 0.4) is 0 Å². The van der Waals surface area contributed by atoms with E-state index in [1.807, 2.05) is 63.3 Å². The molecule has 0 aliphatic carbocycles. The maximum atomic E-state index is 12.8. The summed E-state index contributed by atoms with van der Waals surface area (Å²) in [6.45, 7) is 7.86. The summed E-state index contributed by atoms with van der Waals surface area (Å²) in [7, 11) is -1.71. The molecule has 4 nitrogen and oxygen atoms in total. The maximum Gasteiger partial charge on any atom is 0.456 e. The highest BCUT2D eigenvalue weighted by atomic mass is 79.9. The highest BCUT2D eigenvalue weighted by Gasteiger charge is 2.28. The van der Waals surface area contributed by atoms with Crippen LogP contribution in [0, 0.1) is 6.92 Å². The third kappa shape index (κ3) is 3.52. The van der Waals surface area contributed by atoms with Crippen molar-refractivity contribution in [3.05, 3.63) is 52.8 Å². The van der Waals surface area contributed by atoms with E-state index in [2.05, 4.69) is 20.9 Å². The lowest BCUT2D eigenvalue weighted by molar-refractivity contribution is 0.208. The van der Waals surface area contributed by atoms with E-state index in [-0.39, 0.29) is 6.09 Å². The number of hydrogen-bond donors (Lipinski definition) is 0. The zero-order valence-corrected chi connectivity index (χ0v) is 16.6. The van der Waals surface area contributed by atoms with Gasteiger partial charge in [0, 0.05) is 27.3 Å². The molecule has 1 aromatic carbocycles. The predicted octanol–water partition coefficient (Wildman–Crippen LogP) is 5.58. The molecule has 0 spiro atoms. The number of benzene rings is 1. The maximum absolute atomic E-state index is 12.8. The van der Waals surface area contributed by atoms with E-state index in [1.54, 1.807) is 10.8 Å². The van der Waals surface area contributed by atoms with Gasteiger partial charge in [-0.25, -0.2) is 9.36 Å².